The van der Waals surface area contributed by atoms with Gasteiger partial charge in [-0.15, -0.1) is 0 Å². The summed E-state index contributed by atoms with van der Waals surface area (Å²) < 4.78 is 44.1. The zero-order chi connectivity index (χ0) is 21.7. The first-order valence-corrected chi connectivity index (χ1v) is 10.9. The molecule has 0 radical (unpaired) electrons. The first kappa shape index (κ1) is 21.9. The molecule has 11 heteroatoms. The van der Waals surface area contributed by atoms with Crippen LogP contribution in [0.4, 0.5) is 5.69 Å². The van der Waals surface area contributed by atoms with E-state index < -0.39 is 10.0 Å². The van der Waals surface area contributed by atoms with Gasteiger partial charge in [-0.1, -0.05) is 6.42 Å². The Hall–Kier alpha value is -2.79. The smallest absolute Gasteiger partial charge is 0.262 e. The number of carbonyl (C=O) groups excluding carboxylic acids is 1. The molecule has 0 aliphatic carbocycles. The van der Waals surface area contributed by atoms with Crippen molar-refractivity contribution in [1.82, 2.24) is 13.9 Å². The Kier molecular flexibility index (Phi) is 6.83. The highest BCUT2D eigenvalue weighted by Crippen LogP contribution is 2.39. The second-order valence-electron chi connectivity index (χ2n) is 6.81. The van der Waals surface area contributed by atoms with E-state index in [9.17, 15) is 13.2 Å². The molecule has 0 spiro atoms. The van der Waals surface area contributed by atoms with Crippen LogP contribution in [0.2, 0.25) is 0 Å². The molecule has 1 fully saturated rings. The van der Waals surface area contributed by atoms with Crippen LogP contribution >= 0.6 is 0 Å². The molecule has 30 heavy (non-hydrogen) atoms. The Morgan fingerprint density at radius 1 is 1.07 bits per heavy atom. The molecule has 0 atom stereocenters. The van der Waals surface area contributed by atoms with Crippen LogP contribution in [0, 0.1) is 0 Å². The maximum atomic E-state index is 12.7. The normalized spacial score (nSPS) is 14.9. The van der Waals surface area contributed by atoms with E-state index in [0.717, 1.165) is 19.3 Å². The maximum Gasteiger partial charge on any atom is 0.262 e. The summed E-state index contributed by atoms with van der Waals surface area (Å²) >= 11 is 0. The summed E-state index contributed by atoms with van der Waals surface area (Å²) in [4.78, 5) is 16.5. The number of sulfonamides is 1. The quantitative estimate of drug-likeness (QED) is 0.668. The fourth-order valence-corrected chi connectivity index (χ4v) is 4.77. The van der Waals surface area contributed by atoms with Crippen molar-refractivity contribution >= 4 is 21.6 Å². The van der Waals surface area contributed by atoms with Crippen molar-refractivity contribution in [3.8, 4) is 17.2 Å². The molecule has 1 N–H and O–H groups in total. The van der Waals surface area contributed by atoms with Gasteiger partial charge in [-0.25, -0.2) is 13.4 Å². The number of aromatic nitrogens is 2. The lowest BCUT2D eigenvalue weighted by molar-refractivity contribution is -0.116. The van der Waals surface area contributed by atoms with Crippen molar-refractivity contribution in [3.05, 3.63) is 24.7 Å². The van der Waals surface area contributed by atoms with Gasteiger partial charge >= 0.3 is 0 Å². The number of benzene rings is 1. The number of amides is 1. The van der Waals surface area contributed by atoms with Crippen molar-refractivity contribution < 1.29 is 27.4 Å². The van der Waals surface area contributed by atoms with E-state index in [1.54, 1.807) is 12.1 Å². The van der Waals surface area contributed by atoms with Crippen LogP contribution in [0.3, 0.4) is 0 Å². The Bertz CT molecular complexity index is 973. The number of carbonyl (C=O) groups is 1. The van der Waals surface area contributed by atoms with Crippen LogP contribution in [-0.4, -0.2) is 62.6 Å². The Balaban J connectivity index is 1.70. The maximum absolute atomic E-state index is 12.7. The third kappa shape index (κ3) is 4.68. The van der Waals surface area contributed by atoms with Gasteiger partial charge in [-0.2, -0.15) is 4.31 Å². The molecule has 10 nitrogen and oxygen atoms in total. The Morgan fingerprint density at radius 3 is 2.27 bits per heavy atom. The highest BCUT2D eigenvalue weighted by molar-refractivity contribution is 7.89. The standard InChI is InChI=1S/C19H26N4O6S/c1-27-15-9-14(10-16(28-2)19(15)29-3)21-17(24)11-22-12-18(20-13-22)30(25,26)23-7-5-4-6-8-23/h9-10,12-13H,4-8,11H2,1-3H3,(H,21,24). The van der Waals surface area contributed by atoms with Crippen molar-refractivity contribution in [2.24, 2.45) is 0 Å². The van der Waals surface area contributed by atoms with Crippen molar-refractivity contribution in [2.45, 2.75) is 30.8 Å². The molecule has 2 heterocycles. The lowest BCUT2D eigenvalue weighted by Crippen LogP contribution is -2.35. The summed E-state index contributed by atoms with van der Waals surface area (Å²) in [7, 11) is 0.824. The minimum atomic E-state index is -3.64. The minimum Gasteiger partial charge on any atom is -0.493 e. The largest absolute Gasteiger partial charge is 0.493 e. The Morgan fingerprint density at radius 2 is 1.70 bits per heavy atom. The van der Waals surface area contributed by atoms with Crippen LogP contribution in [0.5, 0.6) is 17.2 Å². The monoisotopic (exact) mass is 438 g/mol. The molecule has 1 saturated heterocycles. The number of imidazole rings is 1. The van der Waals surface area contributed by atoms with Gasteiger partial charge in [-0.05, 0) is 12.8 Å². The summed E-state index contributed by atoms with van der Waals surface area (Å²) in [6.07, 6.45) is 5.43. The van der Waals surface area contributed by atoms with E-state index in [-0.39, 0.29) is 17.5 Å². The van der Waals surface area contributed by atoms with E-state index in [2.05, 4.69) is 10.3 Å². The van der Waals surface area contributed by atoms with Crippen molar-refractivity contribution in [1.29, 1.82) is 0 Å². The molecule has 1 aromatic heterocycles. The molecule has 0 unspecified atom stereocenters. The highest BCUT2D eigenvalue weighted by atomic mass is 32.2. The van der Waals surface area contributed by atoms with Crippen LogP contribution in [0.1, 0.15) is 19.3 Å². The van der Waals surface area contributed by atoms with Gasteiger partial charge in [0, 0.05) is 37.1 Å². The second-order valence-corrected chi connectivity index (χ2v) is 8.70. The highest BCUT2D eigenvalue weighted by Gasteiger charge is 2.28. The van der Waals surface area contributed by atoms with Gasteiger partial charge in [0.15, 0.2) is 16.5 Å². The SMILES string of the molecule is COc1cc(NC(=O)Cn2cnc(S(=O)(=O)N3CCCCC3)c2)cc(OC)c1OC. The summed E-state index contributed by atoms with van der Waals surface area (Å²) in [5.74, 6) is 0.873. The van der Waals surface area contributed by atoms with E-state index in [4.69, 9.17) is 14.2 Å². The fraction of sp³-hybridized carbons (Fsp3) is 0.474. The second kappa shape index (κ2) is 9.35. The molecule has 1 aliphatic rings. The number of anilines is 1. The van der Waals surface area contributed by atoms with Crippen LogP contribution in [0.25, 0.3) is 0 Å². The average molecular weight is 439 g/mol. The predicted molar refractivity (Wildman–Crippen MR) is 110 cm³/mol. The summed E-state index contributed by atoms with van der Waals surface area (Å²) in [5.41, 5.74) is 0.454. The lowest BCUT2D eigenvalue weighted by atomic mass is 10.2. The first-order chi connectivity index (χ1) is 14.4. The summed E-state index contributed by atoms with van der Waals surface area (Å²) in [5, 5.41) is 2.69. The van der Waals surface area contributed by atoms with Gasteiger partial charge < -0.3 is 24.1 Å². The number of methoxy groups -OCH3 is 3. The van der Waals surface area contributed by atoms with Gasteiger partial charge in [0.25, 0.3) is 10.0 Å². The predicted octanol–water partition coefficient (Wildman–Crippen LogP) is 1.72. The van der Waals surface area contributed by atoms with Crippen LogP contribution in [-0.2, 0) is 21.4 Å². The zero-order valence-corrected chi connectivity index (χ0v) is 18.1. The average Bonchev–Trinajstić information content (AvgIpc) is 3.22. The molecule has 1 amide bonds. The van der Waals surface area contributed by atoms with Gasteiger partial charge in [0.05, 0.1) is 27.7 Å². The van der Waals surface area contributed by atoms with E-state index in [1.807, 2.05) is 0 Å². The number of rotatable bonds is 8. The third-order valence-corrected chi connectivity index (χ3v) is 6.59. The fourth-order valence-electron chi connectivity index (χ4n) is 3.32. The molecule has 1 aromatic carbocycles. The number of piperidine rings is 1. The van der Waals surface area contributed by atoms with E-state index >= 15 is 0 Å². The van der Waals surface area contributed by atoms with Crippen LogP contribution < -0.4 is 19.5 Å². The lowest BCUT2D eigenvalue weighted by Gasteiger charge is -2.24. The molecule has 2 aromatic rings. The number of hydrogen-bond donors (Lipinski definition) is 1. The molecule has 3 rings (SSSR count). The molecule has 0 bridgehead atoms. The molecular formula is C19H26N4O6S. The molecule has 1 aliphatic heterocycles. The van der Waals surface area contributed by atoms with Gasteiger partial charge in [0.2, 0.25) is 11.7 Å². The van der Waals surface area contributed by atoms with Gasteiger partial charge in [0.1, 0.15) is 6.54 Å². The number of nitrogens with one attached hydrogen (secondary N) is 1. The van der Waals surface area contributed by atoms with Gasteiger partial charge in [-0.3, -0.25) is 4.79 Å². The topological polar surface area (TPSA) is 112 Å². The zero-order valence-electron chi connectivity index (χ0n) is 17.3. The minimum absolute atomic E-state index is 0.0509. The molecular weight excluding hydrogens is 412 g/mol. The molecule has 0 saturated carbocycles. The Labute approximate surface area is 175 Å². The van der Waals surface area contributed by atoms with Crippen LogP contribution in [0.15, 0.2) is 29.7 Å². The summed E-state index contributed by atoms with van der Waals surface area (Å²) in [6, 6.07) is 3.22. The summed E-state index contributed by atoms with van der Waals surface area (Å²) in [6.45, 7) is 0.896. The molecule has 164 valence electrons. The van der Waals surface area contributed by atoms with Crippen molar-refractivity contribution in [3.63, 3.8) is 0 Å². The number of nitrogens with zero attached hydrogens (tertiary/aromatic N) is 3. The third-order valence-electron chi connectivity index (χ3n) is 4.80. The van der Waals surface area contributed by atoms with E-state index in [1.165, 1.54) is 42.7 Å². The van der Waals surface area contributed by atoms with Crippen molar-refractivity contribution in [2.75, 3.05) is 39.7 Å². The number of hydrogen-bond acceptors (Lipinski definition) is 7. The van der Waals surface area contributed by atoms with E-state index in [0.29, 0.717) is 36.0 Å². The first-order valence-electron chi connectivity index (χ1n) is 9.51. The number of ether oxygens (including phenoxy) is 3.